The monoisotopic (exact) mass is 475 g/mol. The Balaban J connectivity index is 1.76. The highest BCUT2D eigenvalue weighted by Gasteiger charge is 2.60. The van der Waals surface area contributed by atoms with E-state index in [4.69, 9.17) is 10.5 Å². The number of benzene rings is 2. The lowest BCUT2D eigenvalue weighted by atomic mass is 9.63. The van der Waals surface area contributed by atoms with E-state index in [0.29, 0.717) is 23.4 Å². The van der Waals surface area contributed by atoms with E-state index in [0.717, 1.165) is 15.6 Å². The molecule has 0 fully saturated rings. The SMILES string of the molecule is Cc1cc2c(cc1Br)NC(=O)C21C(C#N)=C(N)OC2=C1C(=O)CC(c1ccccc1)C2. The van der Waals surface area contributed by atoms with Crippen LogP contribution in [0.25, 0.3) is 0 Å². The van der Waals surface area contributed by atoms with E-state index in [2.05, 4.69) is 27.3 Å². The zero-order valence-corrected chi connectivity index (χ0v) is 18.2. The van der Waals surface area contributed by atoms with Crippen LogP contribution in [0.4, 0.5) is 5.69 Å². The molecule has 2 aromatic rings. The molecule has 3 N–H and O–H groups in total. The molecule has 31 heavy (non-hydrogen) atoms. The lowest BCUT2D eigenvalue weighted by Gasteiger charge is -2.39. The normalized spacial score (nSPS) is 24.5. The van der Waals surface area contributed by atoms with E-state index < -0.39 is 11.3 Å². The van der Waals surface area contributed by atoms with Crippen LogP contribution in [0.3, 0.4) is 0 Å². The first-order chi connectivity index (χ1) is 14.9. The minimum atomic E-state index is -1.59. The Morgan fingerprint density at radius 2 is 1.97 bits per heavy atom. The molecule has 1 aliphatic carbocycles. The Hall–Kier alpha value is -3.37. The number of hydrogen-bond donors (Lipinski definition) is 2. The number of aryl methyl sites for hydroxylation is 1. The van der Waals surface area contributed by atoms with Crippen molar-refractivity contribution in [3.63, 3.8) is 0 Å². The molecule has 7 heteroatoms. The van der Waals surface area contributed by atoms with Gasteiger partial charge < -0.3 is 15.8 Å². The van der Waals surface area contributed by atoms with E-state index in [9.17, 15) is 14.9 Å². The largest absolute Gasteiger partial charge is 0.444 e. The minimum absolute atomic E-state index is 0.0456. The van der Waals surface area contributed by atoms with Gasteiger partial charge in [0.15, 0.2) is 5.78 Å². The molecule has 2 aliphatic heterocycles. The van der Waals surface area contributed by atoms with Gasteiger partial charge in [-0.1, -0.05) is 52.3 Å². The molecule has 2 heterocycles. The highest BCUT2D eigenvalue weighted by Crippen LogP contribution is 2.55. The van der Waals surface area contributed by atoms with Gasteiger partial charge in [0.05, 0.1) is 5.57 Å². The predicted octanol–water partition coefficient (Wildman–Crippen LogP) is 4.07. The number of Topliss-reactive ketones (excluding diaryl/α,β-unsaturated/α-hetero) is 1. The van der Waals surface area contributed by atoms with Gasteiger partial charge in [-0.25, -0.2) is 0 Å². The lowest BCUT2D eigenvalue weighted by molar-refractivity contribution is -0.123. The van der Waals surface area contributed by atoms with Gasteiger partial charge in [0, 0.05) is 28.6 Å². The summed E-state index contributed by atoms with van der Waals surface area (Å²) in [6.07, 6.45) is 0.648. The van der Waals surface area contributed by atoms with Crippen LogP contribution in [0, 0.1) is 18.3 Å². The Kier molecular flexibility index (Phi) is 4.31. The number of nitrogens with zero attached hydrogens (tertiary/aromatic N) is 1. The summed E-state index contributed by atoms with van der Waals surface area (Å²) in [6.45, 7) is 1.89. The molecule has 1 amide bonds. The molecule has 2 aromatic carbocycles. The highest BCUT2D eigenvalue weighted by atomic mass is 79.9. The van der Waals surface area contributed by atoms with Crippen LogP contribution >= 0.6 is 15.9 Å². The number of hydrogen-bond acceptors (Lipinski definition) is 5. The highest BCUT2D eigenvalue weighted by molar-refractivity contribution is 9.10. The number of allylic oxidation sites excluding steroid dienone is 1. The molecule has 2 atom stereocenters. The second-order valence-electron chi connectivity index (χ2n) is 8.04. The number of amides is 1. The number of nitriles is 1. The van der Waals surface area contributed by atoms with Crippen molar-refractivity contribution in [3.05, 3.63) is 86.4 Å². The van der Waals surface area contributed by atoms with Gasteiger partial charge in [-0.3, -0.25) is 9.59 Å². The van der Waals surface area contributed by atoms with Crippen molar-refractivity contribution < 1.29 is 14.3 Å². The summed E-state index contributed by atoms with van der Waals surface area (Å²) in [5.74, 6) is -0.520. The first-order valence-corrected chi connectivity index (χ1v) is 10.7. The fourth-order valence-electron chi connectivity index (χ4n) is 4.91. The summed E-state index contributed by atoms with van der Waals surface area (Å²) in [4.78, 5) is 27.0. The third-order valence-corrected chi connectivity index (χ3v) is 7.18. The van der Waals surface area contributed by atoms with Crippen molar-refractivity contribution in [2.45, 2.75) is 31.1 Å². The van der Waals surface area contributed by atoms with E-state index >= 15 is 0 Å². The Morgan fingerprint density at radius 1 is 1.23 bits per heavy atom. The summed E-state index contributed by atoms with van der Waals surface area (Å²) in [5.41, 5.74) is 7.76. The number of ether oxygens (including phenoxy) is 1. The van der Waals surface area contributed by atoms with Crippen LogP contribution in [0.1, 0.15) is 35.4 Å². The minimum Gasteiger partial charge on any atom is -0.444 e. The van der Waals surface area contributed by atoms with Gasteiger partial charge in [-0.15, -0.1) is 0 Å². The lowest BCUT2D eigenvalue weighted by Crippen LogP contribution is -2.47. The number of rotatable bonds is 1. The molecule has 0 saturated heterocycles. The number of halogens is 1. The van der Waals surface area contributed by atoms with Crippen molar-refractivity contribution in [2.24, 2.45) is 5.73 Å². The van der Waals surface area contributed by atoms with E-state index in [-0.39, 0.29) is 35.2 Å². The van der Waals surface area contributed by atoms with E-state index in [1.165, 1.54) is 0 Å². The van der Waals surface area contributed by atoms with Gasteiger partial charge in [-0.2, -0.15) is 5.26 Å². The number of anilines is 1. The van der Waals surface area contributed by atoms with Crippen LogP contribution in [0.2, 0.25) is 0 Å². The molecule has 0 bridgehead atoms. The Labute approximate surface area is 187 Å². The number of nitrogens with two attached hydrogens (primary N) is 1. The van der Waals surface area contributed by atoms with Crippen LogP contribution in [-0.2, 0) is 19.7 Å². The van der Waals surface area contributed by atoms with Crippen LogP contribution in [-0.4, -0.2) is 11.7 Å². The van der Waals surface area contributed by atoms with Crippen LogP contribution < -0.4 is 11.1 Å². The van der Waals surface area contributed by atoms with Gasteiger partial charge in [-0.05, 0) is 30.0 Å². The Morgan fingerprint density at radius 3 is 2.68 bits per heavy atom. The zero-order chi connectivity index (χ0) is 21.9. The fourth-order valence-corrected chi connectivity index (χ4v) is 5.26. The van der Waals surface area contributed by atoms with Gasteiger partial charge in [0.1, 0.15) is 22.8 Å². The summed E-state index contributed by atoms with van der Waals surface area (Å²) in [7, 11) is 0. The quantitative estimate of drug-likeness (QED) is 0.646. The fraction of sp³-hybridized carbons (Fsp3) is 0.208. The maximum absolute atomic E-state index is 13.5. The molecular weight excluding hydrogens is 458 g/mol. The molecule has 1 spiro atoms. The zero-order valence-electron chi connectivity index (χ0n) is 16.7. The molecule has 154 valence electrons. The van der Waals surface area contributed by atoms with Gasteiger partial charge in [0.2, 0.25) is 11.8 Å². The number of carbonyl (C=O) groups excluding carboxylic acids is 2. The average Bonchev–Trinajstić information content (AvgIpc) is 3.00. The first-order valence-electron chi connectivity index (χ1n) is 9.90. The van der Waals surface area contributed by atoms with E-state index in [1.54, 1.807) is 6.07 Å². The summed E-state index contributed by atoms with van der Waals surface area (Å²) >= 11 is 3.48. The van der Waals surface area contributed by atoms with Gasteiger partial charge >= 0.3 is 0 Å². The van der Waals surface area contributed by atoms with Gasteiger partial charge in [0.25, 0.3) is 0 Å². The smallest absolute Gasteiger partial charge is 0.245 e. The molecule has 6 nitrogen and oxygen atoms in total. The van der Waals surface area contributed by atoms with Crippen molar-refractivity contribution >= 4 is 33.3 Å². The average molecular weight is 476 g/mol. The molecule has 5 rings (SSSR count). The summed E-state index contributed by atoms with van der Waals surface area (Å²) in [6, 6.07) is 15.4. The molecule has 0 saturated carbocycles. The topological polar surface area (TPSA) is 105 Å². The number of ketones is 1. The number of nitrogens with one attached hydrogen (secondary N) is 1. The standard InChI is InChI=1S/C24H18BrN3O3/c1-12-7-15-18(10-17(12)25)28-23(30)24(15)16(11-26)22(27)31-20-9-14(8-19(29)21(20)24)13-5-3-2-4-6-13/h2-7,10,14H,8-9,27H2,1H3,(H,28,30). The molecular formula is C24H18BrN3O3. The molecule has 0 aromatic heterocycles. The summed E-state index contributed by atoms with van der Waals surface area (Å²) in [5, 5.41) is 12.8. The number of fused-ring (bicyclic) bond motifs is 3. The third-order valence-electron chi connectivity index (χ3n) is 6.33. The van der Waals surface area contributed by atoms with Crippen molar-refractivity contribution in [1.29, 1.82) is 5.26 Å². The van der Waals surface area contributed by atoms with E-state index in [1.807, 2.05) is 43.3 Å². The second-order valence-corrected chi connectivity index (χ2v) is 8.90. The number of carbonyl (C=O) groups is 2. The maximum atomic E-state index is 13.5. The van der Waals surface area contributed by atoms with Crippen molar-refractivity contribution in [3.8, 4) is 6.07 Å². The second kappa shape index (κ2) is 6.82. The molecule has 3 aliphatic rings. The first kappa shape index (κ1) is 19.6. The Bertz CT molecular complexity index is 1270. The summed E-state index contributed by atoms with van der Waals surface area (Å²) < 4.78 is 6.64. The predicted molar refractivity (Wildman–Crippen MR) is 118 cm³/mol. The van der Waals surface area contributed by atoms with Crippen LogP contribution in [0.5, 0.6) is 0 Å². The maximum Gasteiger partial charge on any atom is 0.245 e. The van der Waals surface area contributed by atoms with Crippen LogP contribution in [0.15, 0.2) is 69.7 Å². The molecule has 2 unspecified atom stereocenters. The van der Waals surface area contributed by atoms with Crippen molar-refractivity contribution in [2.75, 3.05) is 5.32 Å². The molecule has 0 radical (unpaired) electrons. The van der Waals surface area contributed by atoms with Crippen molar-refractivity contribution in [1.82, 2.24) is 0 Å². The third kappa shape index (κ3) is 2.61.